The van der Waals surface area contributed by atoms with Crippen LogP contribution in [0.15, 0.2) is 48.5 Å². The van der Waals surface area contributed by atoms with Crippen LogP contribution in [0.2, 0.25) is 10.0 Å². The first kappa shape index (κ1) is 21.5. The average molecular weight is 435 g/mol. The number of ether oxygens (including phenoxy) is 1. The summed E-state index contributed by atoms with van der Waals surface area (Å²) in [5, 5.41) is 0.884. The minimum Gasteiger partial charge on any atom is -0.482 e. The van der Waals surface area contributed by atoms with Crippen molar-refractivity contribution < 1.29 is 14.3 Å². The highest BCUT2D eigenvalue weighted by molar-refractivity contribution is 6.35. The van der Waals surface area contributed by atoms with Crippen LogP contribution in [0.1, 0.15) is 18.4 Å². The fraction of sp³-hybridized carbons (Fsp3) is 0.364. The number of benzene rings is 2. The predicted molar refractivity (Wildman–Crippen MR) is 114 cm³/mol. The topological polar surface area (TPSA) is 49.9 Å². The molecule has 1 aliphatic heterocycles. The molecule has 5 nitrogen and oxygen atoms in total. The Morgan fingerprint density at radius 3 is 2.21 bits per heavy atom. The summed E-state index contributed by atoms with van der Waals surface area (Å²) in [6.07, 6.45) is 2.26. The molecule has 0 aromatic heterocycles. The maximum Gasteiger partial charge on any atom is 0.260 e. The van der Waals surface area contributed by atoms with E-state index in [2.05, 4.69) is 12.1 Å². The standard InChI is InChI=1S/C22H24Cl2N2O3/c23-18-9-10-20(19(24)15-18)29-16-22(28)26-13-11-25(12-14-26)21(27)8-4-7-17-5-2-1-3-6-17/h1-3,5-6,9-10,15H,4,7-8,11-14,16H2. The van der Waals surface area contributed by atoms with Gasteiger partial charge in [-0.1, -0.05) is 53.5 Å². The number of hydrogen-bond donors (Lipinski definition) is 0. The molecule has 1 fully saturated rings. The van der Waals surface area contributed by atoms with E-state index in [-0.39, 0.29) is 18.4 Å². The summed E-state index contributed by atoms with van der Waals surface area (Å²) in [6.45, 7) is 2.05. The Hall–Kier alpha value is -2.24. The molecule has 0 atom stereocenters. The normalized spacial score (nSPS) is 14.0. The van der Waals surface area contributed by atoms with E-state index in [0.29, 0.717) is 48.4 Å². The van der Waals surface area contributed by atoms with Crippen LogP contribution in [0.4, 0.5) is 0 Å². The fourth-order valence-electron chi connectivity index (χ4n) is 3.27. The van der Waals surface area contributed by atoms with E-state index in [1.165, 1.54) is 5.56 Å². The first-order valence-corrected chi connectivity index (χ1v) is 10.5. The van der Waals surface area contributed by atoms with E-state index >= 15 is 0 Å². The Morgan fingerprint density at radius 2 is 1.55 bits per heavy atom. The number of piperazine rings is 1. The van der Waals surface area contributed by atoms with Crippen LogP contribution in [-0.2, 0) is 16.0 Å². The summed E-state index contributed by atoms with van der Waals surface area (Å²) in [7, 11) is 0. The number of halogens is 2. The van der Waals surface area contributed by atoms with Crippen LogP contribution < -0.4 is 4.74 Å². The Morgan fingerprint density at radius 1 is 0.897 bits per heavy atom. The summed E-state index contributed by atoms with van der Waals surface area (Å²) in [6, 6.07) is 15.0. The average Bonchev–Trinajstić information content (AvgIpc) is 2.74. The maximum atomic E-state index is 12.4. The lowest BCUT2D eigenvalue weighted by atomic mass is 10.1. The number of aryl methyl sites for hydroxylation is 1. The summed E-state index contributed by atoms with van der Waals surface area (Å²) in [5.41, 5.74) is 1.25. The van der Waals surface area contributed by atoms with Crippen LogP contribution in [0.3, 0.4) is 0 Å². The van der Waals surface area contributed by atoms with Gasteiger partial charge in [-0.15, -0.1) is 0 Å². The molecule has 2 aromatic rings. The zero-order valence-corrected chi connectivity index (χ0v) is 17.7. The lowest BCUT2D eigenvalue weighted by molar-refractivity contribution is -0.140. The van der Waals surface area contributed by atoms with Crippen molar-refractivity contribution in [2.24, 2.45) is 0 Å². The van der Waals surface area contributed by atoms with E-state index in [0.717, 1.165) is 12.8 Å². The van der Waals surface area contributed by atoms with E-state index in [9.17, 15) is 9.59 Å². The van der Waals surface area contributed by atoms with Crippen LogP contribution in [0.25, 0.3) is 0 Å². The van der Waals surface area contributed by atoms with Gasteiger partial charge in [-0.25, -0.2) is 0 Å². The number of hydrogen-bond acceptors (Lipinski definition) is 3. The molecule has 0 unspecified atom stereocenters. The van der Waals surface area contributed by atoms with Crippen molar-refractivity contribution in [3.63, 3.8) is 0 Å². The molecule has 0 bridgehead atoms. The molecule has 1 heterocycles. The van der Waals surface area contributed by atoms with Crippen molar-refractivity contribution in [1.82, 2.24) is 9.80 Å². The van der Waals surface area contributed by atoms with Gasteiger partial charge < -0.3 is 14.5 Å². The SMILES string of the molecule is O=C(CCCc1ccccc1)N1CCN(C(=O)COc2ccc(Cl)cc2Cl)CC1. The van der Waals surface area contributed by atoms with E-state index in [1.54, 1.807) is 23.1 Å². The van der Waals surface area contributed by atoms with Crippen molar-refractivity contribution in [3.05, 3.63) is 64.1 Å². The molecule has 1 aliphatic rings. The first-order valence-electron chi connectivity index (χ1n) is 9.70. The zero-order chi connectivity index (χ0) is 20.6. The van der Waals surface area contributed by atoms with Gasteiger partial charge in [0.25, 0.3) is 5.91 Å². The number of nitrogens with zero attached hydrogens (tertiary/aromatic N) is 2. The molecule has 1 saturated heterocycles. The van der Waals surface area contributed by atoms with Crippen LogP contribution >= 0.6 is 23.2 Å². The molecule has 7 heteroatoms. The molecule has 0 N–H and O–H groups in total. The van der Waals surface area contributed by atoms with Gasteiger partial charge >= 0.3 is 0 Å². The smallest absolute Gasteiger partial charge is 0.260 e. The van der Waals surface area contributed by atoms with Gasteiger partial charge in [-0.3, -0.25) is 9.59 Å². The molecule has 0 aliphatic carbocycles. The molecular weight excluding hydrogens is 411 g/mol. The number of carbonyl (C=O) groups excluding carboxylic acids is 2. The quantitative estimate of drug-likeness (QED) is 0.659. The molecule has 0 saturated carbocycles. The van der Waals surface area contributed by atoms with Crippen molar-refractivity contribution in [2.75, 3.05) is 32.8 Å². The van der Waals surface area contributed by atoms with Gasteiger partial charge in [0.05, 0.1) is 5.02 Å². The van der Waals surface area contributed by atoms with E-state index in [4.69, 9.17) is 27.9 Å². The molecule has 0 spiro atoms. The Kier molecular flexibility index (Phi) is 7.78. The third kappa shape index (κ3) is 6.38. The Balaban J connectivity index is 1.37. The highest BCUT2D eigenvalue weighted by Crippen LogP contribution is 2.27. The molecule has 0 radical (unpaired) electrons. The maximum absolute atomic E-state index is 12.4. The predicted octanol–water partition coefficient (Wildman–Crippen LogP) is 4.07. The third-order valence-electron chi connectivity index (χ3n) is 4.93. The summed E-state index contributed by atoms with van der Waals surface area (Å²) in [5.74, 6) is 0.459. The van der Waals surface area contributed by atoms with Gasteiger partial charge in [-0.05, 0) is 36.6 Å². The second kappa shape index (κ2) is 10.5. The minimum absolute atomic E-state index is 0.0909. The van der Waals surface area contributed by atoms with Crippen molar-refractivity contribution >= 4 is 35.0 Å². The van der Waals surface area contributed by atoms with Gasteiger partial charge in [0.15, 0.2) is 6.61 Å². The van der Waals surface area contributed by atoms with Crippen LogP contribution in [0, 0.1) is 0 Å². The van der Waals surface area contributed by atoms with Crippen LogP contribution in [-0.4, -0.2) is 54.4 Å². The number of amides is 2. The monoisotopic (exact) mass is 434 g/mol. The minimum atomic E-state index is -0.118. The summed E-state index contributed by atoms with van der Waals surface area (Å²) >= 11 is 11.9. The van der Waals surface area contributed by atoms with Gasteiger partial charge in [0.1, 0.15) is 5.75 Å². The summed E-state index contributed by atoms with van der Waals surface area (Å²) in [4.78, 5) is 28.4. The zero-order valence-electron chi connectivity index (χ0n) is 16.2. The molecule has 29 heavy (non-hydrogen) atoms. The lowest BCUT2D eigenvalue weighted by Gasteiger charge is -2.34. The second-order valence-corrected chi connectivity index (χ2v) is 7.81. The highest BCUT2D eigenvalue weighted by Gasteiger charge is 2.24. The van der Waals surface area contributed by atoms with Gasteiger partial charge in [-0.2, -0.15) is 0 Å². The van der Waals surface area contributed by atoms with Gasteiger partial charge in [0.2, 0.25) is 5.91 Å². The van der Waals surface area contributed by atoms with Crippen LogP contribution in [0.5, 0.6) is 5.75 Å². The molecule has 2 amide bonds. The lowest BCUT2D eigenvalue weighted by Crippen LogP contribution is -2.51. The van der Waals surface area contributed by atoms with E-state index < -0.39 is 0 Å². The number of carbonyl (C=O) groups is 2. The molecule has 3 rings (SSSR count). The van der Waals surface area contributed by atoms with Crippen molar-refractivity contribution in [1.29, 1.82) is 0 Å². The first-order chi connectivity index (χ1) is 14.0. The van der Waals surface area contributed by atoms with Gasteiger partial charge in [0, 0.05) is 37.6 Å². The second-order valence-electron chi connectivity index (χ2n) is 6.96. The van der Waals surface area contributed by atoms with Crippen molar-refractivity contribution in [2.45, 2.75) is 19.3 Å². The largest absolute Gasteiger partial charge is 0.482 e. The molecular formula is C22H24Cl2N2O3. The van der Waals surface area contributed by atoms with Crippen molar-refractivity contribution in [3.8, 4) is 5.75 Å². The fourth-order valence-corrected chi connectivity index (χ4v) is 3.74. The van der Waals surface area contributed by atoms with E-state index in [1.807, 2.05) is 23.1 Å². The Labute approximate surface area is 181 Å². The highest BCUT2D eigenvalue weighted by atomic mass is 35.5. The third-order valence-corrected chi connectivity index (χ3v) is 5.46. The molecule has 2 aromatic carbocycles. The molecule has 154 valence electrons. The Bertz CT molecular complexity index is 837. The number of rotatable bonds is 7. The summed E-state index contributed by atoms with van der Waals surface area (Å²) < 4.78 is 5.51.